The van der Waals surface area contributed by atoms with Crippen molar-refractivity contribution in [1.82, 2.24) is 5.32 Å². The molecule has 1 unspecified atom stereocenters. The molecule has 0 aliphatic rings. The lowest BCUT2D eigenvalue weighted by molar-refractivity contribution is -0.141. The van der Waals surface area contributed by atoms with Gasteiger partial charge in [0.2, 0.25) is 0 Å². The highest BCUT2D eigenvalue weighted by molar-refractivity contribution is 9.10. The fraction of sp³-hybridized carbons (Fsp3) is 0.385. The maximum Gasteiger partial charge on any atom is 0.326 e. The highest BCUT2D eigenvalue weighted by Gasteiger charge is 2.32. The number of urea groups is 1. The highest BCUT2D eigenvalue weighted by atomic mass is 79.9. The molecule has 0 aliphatic carbocycles. The average molecular weight is 364 g/mol. The van der Waals surface area contributed by atoms with E-state index in [1.807, 2.05) is 0 Å². The predicted octanol–water partition coefficient (Wildman–Crippen LogP) is 3.72. The number of carbonyl (C=O) groups is 2. The van der Waals surface area contributed by atoms with E-state index in [4.69, 9.17) is 16.7 Å². The molecule has 0 fully saturated rings. The largest absolute Gasteiger partial charge is 0.480 e. The second kappa shape index (κ2) is 6.45. The summed E-state index contributed by atoms with van der Waals surface area (Å²) in [4.78, 5) is 23.1. The molecule has 0 spiro atoms. The monoisotopic (exact) mass is 362 g/mol. The fourth-order valence-electron chi connectivity index (χ4n) is 1.53. The molecule has 0 bridgehead atoms. The third-order valence-corrected chi connectivity index (χ3v) is 3.49. The van der Waals surface area contributed by atoms with Crippen molar-refractivity contribution in [2.24, 2.45) is 5.41 Å². The van der Waals surface area contributed by atoms with E-state index in [-0.39, 0.29) is 0 Å². The van der Waals surface area contributed by atoms with E-state index in [2.05, 4.69) is 26.6 Å². The van der Waals surface area contributed by atoms with Crippen LogP contribution in [0.5, 0.6) is 0 Å². The maximum atomic E-state index is 11.9. The lowest BCUT2D eigenvalue weighted by Crippen LogP contribution is -2.50. The summed E-state index contributed by atoms with van der Waals surface area (Å²) in [5, 5.41) is 14.6. The number of halogens is 2. The van der Waals surface area contributed by atoms with Gasteiger partial charge in [0, 0.05) is 9.50 Å². The number of aliphatic carboxylic acids is 1. The van der Waals surface area contributed by atoms with Gasteiger partial charge >= 0.3 is 12.0 Å². The number of nitrogens with one attached hydrogen (secondary N) is 2. The summed E-state index contributed by atoms with van der Waals surface area (Å²) in [6, 6.07) is 3.33. The van der Waals surface area contributed by atoms with Gasteiger partial charge in [-0.15, -0.1) is 0 Å². The van der Waals surface area contributed by atoms with Crippen LogP contribution < -0.4 is 10.6 Å². The Kier molecular flexibility index (Phi) is 5.42. The van der Waals surface area contributed by atoms with Gasteiger partial charge < -0.3 is 15.7 Å². The van der Waals surface area contributed by atoms with E-state index in [0.29, 0.717) is 15.2 Å². The van der Waals surface area contributed by atoms with Crippen molar-refractivity contribution in [3.63, 3.8) is 0 Å². The minimum absolute atomic E-state index is 0.466. The summed E-state index contributed by atoms with van der Waals surface area (Å²) in [6.45, 7) is 5.21. The molecule has 0 heterocycles. The lowest BCUT2D eigenvalue weighted by Gasteiger charge is -2.27. The van der Waals surface area contributed by atoms with Gasteiger partial charge in [-0.1, -0.05) is 32.4 Å². The molecule has 5 nitrogen and oxygen atoms in total. The zero-order chi connectivity index (χ0) is 15.5. The Balaban J connectivity index is 2.81. The summed E-state index contributed by atoms with van der Waals surface area (Å²) >= 11 is 9.12. The van der Waals surface area contributed by atoms with Crippen molar-refractivity contribution in [1.29, 1.82) is 0 Å². The first-order valence-electron chi connectivity index (χ1n) is 5.86. The molecule has 0 aliphatic heterocycles. The average Bonchev–Trinajstić information content (AvgIpc) is 2.29. The number of carboxylic acids is 1. The fourth-order valence-corrected chi connectivity index (χ4v) is 2.05. The summed E-state index contributed by atoms with van der Waals surface area (Å²) < 4.78 is 0.652. The number of hydrogen-bond donors (Lipinski definition) is 3. The first kappa shape index (κ1) is 16.8. The van der Waals surface area contributed by atoms with Crippen molar-refractivity contribution in [3.8, 4) is 0 Å². The Morgan fingerprint density at radius 2 is 1.95 bits per heavy atom. The minimum atomic E-state index is -1.09. The first-order valence-corrected chi connectivity index (χ1v) is 7.03. The van der Waals surface area contributed by atoms with Crippen molar-refractivity contribution in [2.75, 3.05) is 5.32 Å². The van der Waals surface area contributed by atoms with E-state index >= 15 is 0 Å². The number of benzene rings is 1. The number of anilines is 1. The van der Waals surface area contributed by atoms with Gasteiger partial charge in [-0.05, 0) is 39.5 Å². The molecule has 1 rings (SSSR count). The van der Waals surface area contributed by atoms with Crippen molar-refractivity contribution < 1.29 is 14.7 Å². The van der Waals surface area contributed by atoms with E-state index in [0.717, 1.165) is 0 Å². The molecule has 1 aromatic rings. The van der Waals surface area contributed by atoms with E-state index in [1.165, 1.54) is 0 Å². The summed E-state index contributed by atoms with van der Waals surface area (Å²) in [5.74, 6) is -1.09. The predicted molar refractivity (Wildman–Crippen MR) is 82.2 cm³/mol. The third-order valence-electron chi connectivity index (χ3n) is 2.57. The van der Waals surface area contributed by atoms with Crippen molar-refractivity contribution >= 4 is 45.2 Å². The van der Waals surface area contributed by atoms with Gasteiger partial charge in [0.05, 0.1) is 5.69 Å². The second-order valence-electron chi connectivity index (χ2n) is 5.36. The molecule has 0 saturated carbocycles. The van der Waals surface area contributed by atoms with E-state index in [9.17, 15) is 9.59 Å². The van der Waals surface area contributed by atoms with Crippen LogP contribution in [0.15, 0.2) is 22.7 Å². The summed E-state index contributed by atoms with van der Waals surface area (Å²) in [5.41, 5.74) is -0.137. The Morgan fingerprint density at radius 3 is 2.45 bits per heavy atom. The Labute approximate surface area is 130 Å². The van der Waals surface area contributed by atoms with Crippen LogP contribution in [0, 0.1) is 5.41 Å². The Morgan fingerprint density at radius 1 is 1.35 bits per heavy atom. The molecule has 7 heteroatoms. The van der Waals surface area contributed by atoms with E-state index < -0.39 is 23.5 Å². The second-order valence-corrected chi connectivity index (χ2v) is 6.65. The Bertz CT molecular complexity index is 529. The molecule has 1 atom stereocenters. The lowest BCUT2D eigenvalue weighted by atomic mass is 9.87. The van der Waals surface area contributed by atoms with Gasteiger partial charge in [0.25, 0.3) is 0 Å². The van der Waals surface area contributed by atoms with Crippen LogP contribution in [0.1, 0.15) is 20.8 Å². The van der Waals surface area contributed by atoms with Crippen LogP contribution in [0.3, 0.4) is 0 Å². The molecule has 0 radical (unpaired) electrons. The topological polar surface area (TPSA) is 78.4 Å². The van der Waals surface area contributed by atoms with Gasteiger partial charge in [0.1, 0.15) is 6.04 Å². The number of hydrogen-bond acceptors (Lipinski definition) is 2. The highest BCUT2D eigenvalue weighted by Crippen LogP contribution is 2.26. The normalized spacial score (nSPS) is 12.7. The SMILES string of the molecule is CC(C)(C)C(NC(=O)Nc1cc(Cl)ccc1Br)C(=O)O. The first-order chi connectivity index (χ1) is 9.11. The Hall–Kier alpha value is -1.27. The van der Waals surface area contributed by atoms with Crippen LogP contribution in [0.2, 0.25) is 5.02 Å². The molecule has 20 heavy (non-hydrogen) atoms. The zero-order valence-corrected chi connectivity index (χ0v) is 13.7. The minimum Gasteiger partial charge on any atom is -0.480 e. The molecular weight excluding hydrogens is 348 g/mol. The molecule has 1 aromatic carbocycles. The van der Waals surface area contributed by atoms with Gasteiger partial charge in [0.15, 0.2) is 0 Å². The number of amides is 2. The molecular formula is C13H16BrClN2O3. The number of carboxylic acid groups (broad SMARTS) is 1. The molecule has 3 N–H and O–H groups in total. The van der Waals surface area contributed by atoms with Gasteiger partial charge in [-0.3, -0.25) is 0 Å². The molecule has 0 saturated heterocycles. The molecule has 2 amide bonds. The van der Waals surface area contributed by atoms with Crippen molar-refractivity contribution in [3.05, 3.63) is 27.7 Å². The standard InChI is InChI=1S/C13H16BrClN2O3/c1-13(2,3)10(11(18)19)17-12(20)16-9-6-7(15)4-5-8(9)14/h4-6,10H,1-3H3,(H,18,19)(H2,16,17,20). The maximum absolute atomic E-state index is 11.9. The zero-order valence-electron chi connectivity index (χ0n) is 11.3. The van der Waals surface area contributed by atoms with Crippen LogP contribution in [-0.4, -0.2) is 23.1 Å². The smallest absolute Gasteiger partial charge is 0.326 e. The van der Waals surface area contributed by atoms with Gasteiger partial charge in [-0.25, -0.2) is 9.59 Å². The number of carbonyl (C=O) groups excluding carboxylic acids is 1. The van der Waals surface area contributed by atoms with Crippen molar-refractivity contribution in [2.45, 2.75) is 26.8 Å². The van der Waals surface area contributed by atoms with E-state index in [1.54, 1.807) is 39.0 Å². The van der Waals surface area contributed by atoms with Crippen LogP contribution in [-0.2, 0) is 4.79 Å². The summed E-state index contributed by atoms with van der Waals surface area (Å²) in [6.07, 6.45) is 0. The third kappa shape index (κ3) is 4.68. The molecule has 0 aromatic heterocycles. The summed E-state index contributed by atoms with van der Waals surface area (Å²) in [7, 11) is 0. The van der Waals surface area contributed by atoms with Gasteiger partial charge in [-0.2, -0.15) is 0 Å². The molecule has 110 valence electrons. The quantitative estimate of drug-likeness (QED) is 0.766. The van der Waals surface area contributed by atoms with Crippen LogP contribution in [0.25, 0.3) is 0 Å². The number of rotatable bonds is 3. The van der Waals surface area contributed by atoms with Crippen LogP contribution in [0.4, 0.5) is 10.5 Å². The van der Waals surface area contributed by atoms with Crippen LogP contribution >= 0.6 is 27.5 Å².